The second kappa shape index (κ2) is 7.18. The molecule has 5 heteroatoms. The largest absolute Gasteiger partial charge is 0.423 e. The standard InChI is InChI=1S/C19H24N2O3/c1-13(22)20-15-8-9-17-14(10-19(23)24-18(17)11-15)12-21(2)16-6-4-3-5-7-16/h8-11,16H,3-7,12H2,1-2H3,(H,20,22). The number of carbonyl (C=O) groups excluding carboxylic acids is 1. The van der Waals surface area contributed by atoms with E-state index < -0.39 is 0 Å². The van der Waals surface area contributed by atoms with E-state index in [1.54, 1.807) is 12.1 Å². The summed E-state index contributed by atoms with van der Waals surface area (Å²) in [7, 11) is 2.13. The monoisotopic (exact) mass is 328 g/mol. The molecule has 0 spiro atoms. The lowest BCUT2D eigenvalue weighted by Gasteiger charge is -2.31. The predicted molar refractivity (Wildman–Crippen MR) is 95.1 cm³/mol. The first-order valence-corrected chi connectivity index (χ1v) is 8.57. The molecule has 1 heterocycles. The Bertz CT molecular complexity index is 791. The Morgan fingerprint density at radius 2 is 2.00 bits per heavy atom. The minimum atomic E-state index is -0.352. The number of rotatable bonds is 4. The maximum absolute atomic E-state index is 11.9. The maximum atomic E-state index is 11.9. The van der Waals surface area contributed by atoms with Crippen LogP contribution in [0.3, 0.4) is 0 Å². The van der Waals surface area contributed by atoms with E-state index in [-0.39, 0.29) is 11.5 Å². The molecule has 5 nitrogen and oxygen atoms in total. The quantitative estimate of drug-likeness (QED) is 0.872. The Kier molecular flexibility index (Phi) is 5.00. The van der Waals surface area contributed by atoms with Crippen LogP contribution in [0.2, 0.25) is 0 Å². The van der Waals surface area contributed by atoms with Crippen molar-refractivity contribution in [2.75, 3.05) is 12.4 Å². The van der Waals surface area contributed by atoms with E-state index >= 15 is 0 Å². The first-order valence-electron chi connectivity index (χ1n) is 8.57. The van der Waals surface area contributed by atoms with E-state index in [1.807, 2.05) is 12.1 Å². The van der Waals surface area contributed by atoms with Gasteiger partial charge in [0, 0.05) is 42.7 Å². The van der Waals surface area contributed by atoms with Crippen molar-refractivity contribution in [1.29, 1.82) is 0 Å². The number of hydrogen-bond acceptors (Lipinski definition) is 4. The highest BCUT2D eigenvalue weighted by atomic mass is 16.4. The van der Waals surface area contributed by atoms with Crippen molar-refractivity contribution < 1.29 is 9.21 Å². The minimum absolute atomic E-state index is 0.148. The molecule has 0 radical (unpaired) electrons. The first kappa shape index (κ1) is 16.7. The number of nitrogens with zero attached hydrogens (tertiary/aromatic N) is 1. The van der Waals surface area contributed by atoms with Crippen LogP contribution in [0.1, 0.15) is 44.6 Å². The lowest BCUT2D eigenvalue weighted by atomic mass is 9.94. The highest BCUT2D eigenvalue weighted by molar-refractivity contribution is 5.92. The van der Waals surface area contributed by atoms with Crippen molar-refractivity contribution in [3.05, 3.63) is 40.2 Å². The van der Waals surface area contributed by atoms with Gasteiger partial charge in [0.2, 0.25) is 5.91 Å². The number of anilines is 1. The second-order valence-corrected chi connectivity index (χ2v) is 6.69. The van der Waals surface area contributed by atoms with Gasteiger partial charge in [0.15, 0.2) is 0 Å². The molecule has 0 aliphatic heterocycles. The highest BCUT2D eigenvalue weighted by Gasteiger charge is 2.19. The zero-order chi connectivity index (χ0) is 17.1. The topological polar surface area (TPSA) is 62.6 Å². The van der Waals surface area contributed by atoms with Gasteiger partial charge >= 0.3 is 5.63 Å². The molecule has 1 aromatic carbocycles. The molecule has 128 valence electrons. The van der Waals surface area contributed by atoms with E-state index in [4.69, 9.17) is 4.42 Å². The molecule has 1 aliphatic rings. The Morgan fingerprint density at radius 1 is 1.25 bits per heavy atom. The van der Waals surface area contributed by atoms with Crippen LogP contribution in [-0.4, -0.2) is 23.9 Å². The summed E-state index contributed by atoms with van der Waals surface area (Å²) in [5.74, 6) is -0.148. The number of carbonyl (C=O) groups is 1. The fourth-order valence-corrected chi connectivity index (χ4v) is 3.56. The molecule has 1 amide bonds. The van der Waals surface area contributed by atoms with Gasteiger partial charge in [-0.2, -0.15) is 0 Å². The van der Waals surface area contributed by atoms with Crippen LogP contribution in [0.25, 0.3) is 11.0 Å². The van der Waals surface area contributed by atoms with Crippen LogP contribution >= 0.6 is 0 Å². The lowest BCUT2D eigenvalue weighted by Crippen LogP contribution is -2.33. The molecule has 2 aromatic rings. The average Bonchev–Trinajstić information content (AvgIpc) is 2.54. The molecule has 0 unspecified atom stereocenters. The van der Waals surface area contributed by atoms with Crippen molar-refractivity contribution in [1.82, 2.24) is 4.90 Å². The second-order valence-electron chi connectivity index (χ2n) is 6.69. The van der Waals surface area contributed by atoms with E-state index in [0.29, 0.717) is 17.3 Å². The van der Waals surface area contributed by atoms with Gasteiger partial charge in [0.1, 0.15) is 5.58 Å². The normalized spacial score (nSPS) is 15.8. The van der Waals surface area contributed by atoms with Crippen LogP contribution in [0.4, 0.5) is 5.69 Å². The maximum Gasteiger partial charge on any atom is 0.336 e. The van der Waals surface area contributed by atoms with Crippen molar-refractivity contribution in [2.45, 2.75) is 51.6 Å². The van der Waals surface area contributed by atoms with Gasteiger partial charge in [-0.1, -0.05) is 19.3 Å². The van der Waals surface area contributed by atoms with E-state index in [1.165, 1.54) is 39.0 Å². The molecule has 1 aliphatic carbocycles. The summed E-state index contributed by atoms with van der Waals surface area (Å²) in [6.07, 6.45) is 6.35. The van der Waals surface area contributed by atoms with E-state index in [2.05, 4.69) is 17.3 Å². The molecular formula is C19H24N2O3. The van der Waals surface area contributed by atoms with Gasteiger partial charge in [-0.25, -0.2) is 4.79 Å². The van der Waals surface area contributed by atoms with E-state index in [9.17, 15) is 9.59 Å². The summed E-state index contributed by atoms with van der Waals surface area (Å²) >= 11 is 0. The van der Waals surface area contributed by atoms with Crippen molar-refractivity contribution >= 4 is 22.6 Å². The lowest BCUT2D eigenvalue weighted by molar-refractivity contribution is -0.114. The van der Waals surface area contributed by atoms with Gasteiger partial charge in [0.05, 0.1) is 0 Å². The molecule has 1 fully saturated rings. The number of benzene rings is 1. The SMILES string of the molecule is CC(=O)Nc1ccc2c(CN(C)C3CCCCC3)cc(=O)oc2c1. The zero-order valence-corrected chi connectivity index (χ0v) is 14.3. The van der Waals surface area contributed by atoms with Gasteiger partial charge < -0.3 is 9.73 Å². The number of hydrogen-bond donors (Lipinski definition) is 1. The molecular weight excluding hydrogens is 304 g/mol. The average molecular weight is 328 g/mol. The van der Waals surface area contributed by atoms with Gasteiger partial charge in [-0.15, -0.1) is 0 Å². The van der Waals surface area contributed by atoms with E-state index in [0.717, 1.165) is 17.5 Å². The third kappa shape index (κ3) is 3.85. The predicted octanol–water partition coefficient (Wildman–Crippen LogP) is 3.52. The Morgan fingerprint density at radius 3 is 2.71 bits per heavy atom. The van der Waals surface area contributed by atoms with Crippen LogP contribution < -0.4 is 10.9 Å². The summed E-state index contributed by atoms with van der Waals surface area (Å²) in [5.41, 5.74) is 1.77. The summed E-state index contributed by atoms with van der Waals surface area (Å²) in [5, 5.41) is 3.64. The number of amides is 1. The Labute approximate surface area is 141 Å². The van der Waals surface area contributed by atoms with Crippen molar-refractivity contribution in [3.63, 3.8) is 0 Å². The minimum Gasteiger partial charge on any atom is -0.423 e. The number of fused-ring (bicyclic) bond motifs is 1. The highest BCUT2D eigenvalue weighted by Crippen LogP contribution is 2.26. The van der Waals surface area contributed by atoms with Crippen LogP contribution in [0.15, 0.2) is 33.5 Å². The molecule has 3 rings (SSSR count). The molecule has 0 atom stereocenters. The summed E-state index contributed by atoms with van der Waals surface area (Å²) in [4.78, 5) is 25.5. The van der Waals surface area contributed by atoms with Crippen LogP contribution in [0, 0.1) is 0 Å². The molecule has 0 saturated heterocycles. The molecule has 1 aromatic heterocycles. The molecule has 1 N–H and O–H groups in total. The summed E-state index contributed by atoms with van der Waals surface area (Å²) in [6.45, 7) is 2.18. The number of nitrogens with one attached hydrogen (secondary N) is 1. The Hall–Kier alpha value is -2.14. The van der Waals surface area contributed by atoms with Crippen molar-refractivity contribution in [3.8, 4) is 0 Å². The summed E-state index contributed by atoms with van der Waals surface area (Å²) < 4.78 is 5.33. The third-order valence-corrected chi connectivity index (χ3v) is 4.77. The summed E-state index contributed by atoms with van der Waals surface area (Å²) in [6, 6.07) is 7.63. The van der Waals surface area contributed by atoms with Gasteiger partial charge in [-0.05, 0) is 37.6 Å². The molecule has 0 bridgehead atoms. The van der Waals surface area contributed by atoms with Gasteiger partial charge in [-0.3, -0.25) is 9.69 Å². The third-order valence-electron chi connectivity index (χ3n) is 4.77. The fraction of sp³-hybridized carbons (Fsp3) is 0.474. The molecule has 1 saturated carbocycles. The Balaban J connectivity index is 1.89. The zero-order valence-electron chi connectivity index (χ0n) is 14.3. The smallest absolute Gasteiger partial charge is 0.336 e. The van der Waals surface area contributed by atoms with Crippen LogP contribution in [-0.2, 0) is 11.3 Å². The van der Waals surface area contributed by atoms with Gasteiger partial charge in [0.25, 0.3) is 0 Å². The first-order chi connectivity index (χ1) is 11.5. The molecule has 24 heavy (non-hydrogen) atoms. The van der Waals surface area contributed by atoms with Crippen molar-refractivity contribution in [2.24, 2.45) is 0 Å². The fourth-order valence-electron chi connectivity index (χ4n) is 3.56. The van der Waals surface area contributed by atoms with Crippen LogP contribution in [0.5, 0.6) is 0 Å².